The highest BCUT2D eigenvalue weighted by atomic mass is 15.2. The zero-order chi connectivity index (χ0) is 12.4. The average molecular weight is 238 g/mol. The Balaban J connectivity index is 1.79. The highest BCUT2D eigenvalue weighted by Crippen LogP contribution is 2.33. The molecule has 0 aromatic carbocycles. The number of hydrogen-bond acceptors (Lipinski definition) is 2. The Bertz CT molecular complexity index is 233. The predicted octanol–water partition coefficient (Wildman–Crippen LogP) is 2.74. The highest BCUT2D eigenvalue weighted by Gasteiger charge is 2.35. The number of hydrogen-bond donors (Lipinski definition) is 1. The van der Waals surface area contributed by atoms with Crippen LogP contribution in [0.2, 0.25) is 0 Å². The molecule has 0 aromatic heterocycles. The third kappa shape index (κ3) is 3.69. The zero-order valence-electron chi connectivity index (χ0n) is 12.1. The van der Waals surface area contributed by atoms with Gasteiger partial charge in [0.1, 0.15) is 0 Å². The maximum atomic E-state index is 3.75. The molecule has 17 heavy (non-hydrogen) atoms. The van der Waals surface area contributed by atoms with Crippen LogP contribution in [-0.4, -0.2) is 36.6 Å². The molecule has 1 saturated heterocycles. The second-order valence-corrected chi connectivity index (χ2v) is 7.02. The summed E-state index contributed by atoms with van der Waals surface area (Å²) in [7, 11) is 0. The lowest BCUT2D eigenvalue weighted by atomic mass is 9.79. The largest absolute Gasteiger partial charge is 0.312 e. The molecule has 1 saturated carbocycles. The molecule has 100 valence electrons. The van der Waals surface area contributed by atoms with Crippen molar-refractivity contribution in [2.75, 3.05) is 19.6 Å². The molecule has 2 atom stereocenters. The van der Waals surface area contributed by atoms with E-state index in [1.807, 2.05) is 0 Å². The van der Waals surface area contributed by atoms with E-state index >= 15 is 0 Å². The number of piperidine rings is 1. The smallest absolute Gasteiger partial charge is 0.0198 e. The molecule has 0 radical (unpaired) electrons. The Hall–Kier alpha value is -0.0800. The summed E-state index contributed by atoms with van der Waals surface area (Å²) < 4.78 is 0. The van der Waals surface area contributed by atoms with Crippen molar-refractivity contribution in [2.24, 2.45) is 17.8 Å². The van der Waals surface area contributed by atoms with Gasteiger partial charge in [-0.05, 0) is 43.6 Å². The lowest BCUT2D eigenvalue weighted by Gasteiger charge is -2.47. The van der Waals surface area contributed by atoms with Crippen molar-refractivity contribution in [2.45, 2.75) is 59.0 Å². The van der Waals surface area contributed by atoms with Crippen LogP contribution in [0.15, 0.2) is 0 Å². The van der Waals surface area contributed by atoms with Gasteiger partial charge in [0.25, 0.3) is 0 Å². The molecular formula is C15H30N2. The van der Waals surface area contributed by atoms with Gasteiger partial charge in [-0.1, -0.05) is 27.7 Å². The summed E-state index contributed by atoms with van der Waals surface area (Å²) in [6, 6.07) is 1.63. The Morgan fingerprint density at radius 1 is 1.06 bits per heavy atom. The van der Waals surface area contributed by atoms with Crippen LogP contribution in [0.5, 0.6) is 0 Å². The van der Waals surface area contributed by atoms with Crippen molar-refractivity contribution in [1.82, 2.24) is 10.2 Å². The van der Waals surface area contributed by atoms with E-state index in [-0.39, 0.29) is 0 Å². The fourth-order valence-corrected chi connectivity index (χ4v) is 3.40. The number of nitrogens with zero attached hydrogens (tertiary/aromatic N) is 1. The molecular weight excluding hydrogens is 208 g/mol. The molecule has 0 spiro atoms. The van der Waals surface area contributed by atoms with E-state index in [2.05, 4.69) is 37.9 Å². The van der Waals surface area contributed by atoms with Crippen LogP contribution in [-0.2, 0) is 0 Å². The van der Waals surface area contributed by atoms with Crippen molar-refractivity contribution < 1.29 is 0 Å². The Labute approximate surface area is 107 Å². The first kappa shape index (κ1) is 13.4. The van der Waals surface area contributed by atoms with Gasteiger partial charge in [-0.3, -0.25) is 4.90 Å². The molecule has 1 aliphatic heterocycles. The maximum Gasteiger partial charge on any atom is 0.0198 e. The van der Waals surface area contributed by atoms with Gasteiger partial charge >= 0.3 is 0 Å². The molecule has 2 rings (SSSR count). The minimum absolute atomic E-state index is 0.733. The monoisotopic (exact) mass is 238 g/mol. The van der Waals surface area contributed by atoms with Gasteiger partial charge in [0.05, 0.1) is 0 Å². The van der Waals surface area contributed by atoms with Crippen LogP contribution in [0.3, 0.4) is 0 Å². The van der Waals surface area contributed by atoms with Crippen LogP contribution in [0, 0.1) is 17.8 Å². The Morgan fingerprint density at radius 2 is 1.76 bits per heavy atom. The topological polar surface area (TPSA) is 15.3 Å². The molecule has 1 N–H and O–H groups in total. The first-order valence-corrected chi connectivity index (χ1v) is 7.52. The average Bonchev–Trinajstić information content (AvgIpc) is 2.21. The standard InChI is InChI=1S/C15H30N2/c1-11(2)8-16-14-5-13(4)9-17(10-14)15-6-12(3)7-15/h11-16H,5-10H2,1-4H3. The first-order chi connectivity index (χ1) is 8.04. The van der Waals surface area contributed by atoms with E-state index in [4.69, 9.17) is 0 Å². The lowest BCUT2D eigenvalue weighted by Crippen LogP contribution is -2.55. The summed E-state index contributed by atoms with van der Waals surface area (Å²) in [4.78, 5) is 2.76. The van der Waals surface area contributed by atoms with Crippen molar-refractivity contribution in [1.29, 1.82) is 0 Å². The summed E-state index contributed by atoms with van der Waals surface area (Å²) >= 11 is 0. The number of rotatable bonds is 4. The number of nitrogens with one attached hydrogen (secondary N) is 1. The van der Waals surface area contributed by atoms with E-state index in [0.717, 1.165) is 29.8 Å². The minimum atomic E-state index is 0.733. The van der Waals surface area contributed by atoms with Gasteiger partial charge in [-0.25, -0.2) is 0 Å². The van der Waals surface area contributed by atoms with Gasteiger partial charge in [0, 0.05) is 25.2 Å². The SMILES string of the molecule is CC(C)CNC1CC(C)CN(C2CC(C)C2)C1. The summed E-state index contributed by atoms with van der Waals surface area (Å²) in [5.41, 5.74) is 0. The van der Waals surface area contributed by atoms with Gasteiger partial charge < -0.3 is 5.32 Å². The van der Waals surface area contributed by atoms with E-state index < -0.39 is 0 Å². The third-order valence-corrected chi connectivity index (χ3v) is 4.37. The molecule has 0 bridgehead atoms. The van der Waals surface area contributed by atoms with Crippen LogP contribution in [0.25, 0.3) is 0 Å². The Morgan fingerprint density at radius 3 is 2.35 bits per heavy atom. The van der Waals surface area contributed by atoms with Crippen molar-refractivity contribution in [3.63, 3.8) is 0 Å². The van der Waals surface area contributed by atoms with Crippen molar-refractivity contribution >= 4 is 0 Å². The van der Waals surface area contributed by atoms with Crippen LogP contribution < -0.4 is 5.32 Å². The molecule has 2 fully saturated rings. The highest BCUT2D eigenvalue weighted by molar-refractivity contribution is 4.91. The molecule has 1 aliphatic carbocycles. The summed E-state index contributed by atoms with van der Waals surface area (Å²) in [6.07, 6.45) is 4.23. The van der Waals surface area contributed by atoms with Crippen LogP contribution in [0.4, 0.5) is 0 Å². The van der Waals surface area contributed by atoms with E-state index in [0.29, 0.717) is 0 Å². The second kappa shape index (κ2) is 5.71. The predicted molar refractivity (Wildman–Crippen MR) is 74.2 cm³/mol. The zero-order valence-corrected chi connectivity index (χ0v) is 12.1. The lowest BCUT2D eigenvalue weighted by molar-refractivity contribution is 0.0371. The van der Waals surface area contributed by atoms with E-state index in [1.165, 1.54) is 38.9 Å². The molecule has 2 unspecified atom stereocenters. The fourth-order valence-electron chi connectivity index (χ4n) is 3.40. The molecule has 0 amide bonds. The van der Waals surface area contributed by atoms with Gasteiger partial charge in [0.2, 0.25) is 0 Å². The number of likely N-dealkylation sites (tertiary alicyclic amines) is 1. The third-order valence-electron chi connectivity index (χ3n) is 4.37. The van der Waals surface area contributed by atoms with E-state index in [9.17, 15) is 0 Å². The molecule has 2 heteroatoms. The van der Waals surface area contributed by atoms with Crippen LogP contribution >= 0.6 is 0 Å². The molecule has 1 heterocycles. The molecule has 2 aliphatic rings. The minimum Gasteiger partial charge on any atom is -0.312 e. The summed E-state index contributed by atoms with van der Waals surface area (Å²) in [6.45, 7) is 13.2. The normalized spacial score (nSPS) is 39.4. The quantitative estimate of drug-likeness (QED) is 0.810. The first-order valence-electron chi connectivity index (χ1n) is 7.52. The summed E-state index contributed by atoms with van der Waals surface area (Å²) in [5.74, 6) is 2.60. The van der Waals surface area contributed by atoms with Crippen molar-refractivity contribution in [3.8, 4) is 0 Å². The summed E-state index contributed by atoms with van der Waals surface area (Å²) in [5, 5.41) is 3.75. The van der Waals surface area contributed by atoms with E-state index in [1.54, 1.807) is 0 Å². The fraction of sp³-hybridized carbons (Fsp3) is 1.00. The van der Waals surface area contributed by atoms with Crippen LogP contribution in [0.1, 0.15) is 47.0 Å². The Kier molecular flexibility index (Phi) is 4.48. The van der Waals surface area contributed by atoms with Gasteiger partial charge in [-0.15, -0.1) is 0 Å². The maximum absolute atomic E-state index is 3.75. The van der Waals surface area contributed by atoms with Gasteiger partial charge in [-0.2, -0.15) is 0 Å². The van der Waals surface area contributed by atoms with Crippen molar-refractivity contribution in [3.05, 3.63) is 0 Å². The molecule has 0 aromatic rings. The molecule has 2 nitrogen and oxygen atoms in total. The van der Waals surface area contributed by atoms with Gasteiger partial charge in [0.15, 0.2) is 0 Å². The second-order valence-electron chi connectivity index (χ2n) is 7.02.